The zero-order valence-corrected chi connectivity index (χ0v) is 12.7. The van der Waals surface area contributed by atoms with Gasteiger partial charge in [0.05, 0.1) is 6.54 Å². The number of rotatable bonds is 7. The SMILES string of the molecule is CCCc1nc(NN)c(C)c(NCC(=O)N(C)CC)n1. The number of hydrazine groups is 1. The lowest BCUT2D eigenvalue weighted by atomic mass is 10.2. The number of likely N-dealkylation sites (N-methyl/N-ethyl adjacent to an activating group) is 1. The van der Waals surface area contributed by atoms with Gasteiger partial charge in [-0.15, -0.1) is 0 Å². The smallest absolute Gasteiger partial charge is 0.241 e. The minimum absolute atomic E-state index is 0.0183. The second-order valence-corrected chi connectivity index (χ2v) is 4.62. The van der Waals surface area contributed by atoms with Gasteiger partial charge in [-0.05, 0) is 20.3 Å². The fraction of sp³-hybridized carbons (Fsp3) is 0.615. The molecule has 7 nitrogen and oxygen atoms in total. The van der Waals surface area contributed by atoms with E-state index in [2.05, 4.69) is 27.6 Å². The van der Waals surface area contributed by atoms with Crippen molar-refractivity contribution < 1.29 is 4.79 Å². The molecule has 4 N–H and O–H groups in total. The monoisotopic (exact) mass is 280 g/mol. The van der Waals surface area contributed by atoms with E-state index in [-0.39, 0.29) is 12.5 Å². The summed E-state index contributed by atoms with van der Waals surface area (Å²) in [7, 11) is 1.77. The van der Waals surface area contributed by atoms with Crippen molar-refractivity contribution in [1.82, 2.24) is 14.9 Å². The molecule has 0 unspecified atom stereocenters. The summed E-state index contributed by atoms with van der Waals surface area (Å²) in [4.78, 5) is 22.2. The fourth-order valence-corrected chi connectivity index (χ4v) is 1.68. The number of aryl methyl sites for hydroxylation is 1. The molecular formula is C13H24N6O. The number of nitrogens with two attached hydrogens (primary N) is 1. The van der Waals surface area contributed by atoms with Crippen molar-refractivity contribution >= 4 is 17.5 Å². The van der Waals surface area contributed by atoms with E-state index in [0.717, 1.165) is 18.4 Å². The number of nitrogens with zero attached hydrogens (tertiary/aromatic N) is 3. The van der Waals surface area contributed by atoms with Gasteiger partial charge < -0.3 is 15.6 Å². The highest BCUT2D eigenvalue weighted by Gasteiger charge is 2.12. The third kappa shape index (κ3) is 4.06. The molecular weight excluding hydrogens is 256 g/mol. The summed E-state index contributed by atoms with van der Waals surface area (Å²) in [5, 5.41) is 3.06. The first-order valence-corrected chi connectivity index (χ1v) is 6.85. The van der Waals surface area contributed by atoms with Crippen molar-refractivity contribution in [2.45, 2.75) is 33.6 Å². The highest BCUT2D eigenvalue weighted by atomic mass is 16.2. The molecule has 1 aromatic rings. The molecule has 1 rings (SSSR count). The normalized spacial score (nSPS) is 10.2. The zero-order chi connectivity index (χ0) is 15.1. The van der Waals surface area contributed by atoms with Crippen LogP contribution in [0.15, 0.2) is 0 Å². The van der Waals surface area contributed by atoms with Crippen molar-refractivity contribution in [2.24, 2.45) is 5.84 Å². The van der Waals surface area contributed by atoms with E-state index in [1.165, 1.54) is 0 Å². The maximum Gasteiger partial charge on any atom is 0.241 e. The maximum atomic E-state index is 11.8. The minimum atomic E-state index is 0.0183. The van der Waals surface area contributed by atoms with Crippen LogP contribution in [0, 0.1) is 6.92 Å². The predicted molar refractivity (Wildman–Crippen MR) is 80.4 cm³/mol. The number of aromatic nitrogens is 2. The molecule has 1 aromatic heterocycles. The van der Waals surface area contributed by atoms with Gasteiger partial charge in [-0.1, -0.05) is 6.92 Å². The maximum absolute atomic E-state index is 11.8. The van der Waals surface area contributed by atoms with Crippen LogP contribution < -0.4 is 16.6 Å². The third-order valence-electron chi connectivity index (χ3n) is 3.11. The number of anilines is 2. The fourth-order valence-electron chi connectivity index (χ4n) is 1.68. The summed E-state index contributed by atoms with van der Waals surface area (Å²) in [5.74, 6) is 7.43. The van der Waals surface area contributed by atoms with Crippen LogP contribution in [0.4, 0.5) is 11.6 Å². The Labute approximate surface area is 119 Å². The highest BCUT2D eigenvalue weighted by Crippen LogP contribution is 2.19. The average molecular weight is 280 g/mol. The summed E-state index contributed by atoms with van der Waals surface area (Å²) in [6, 6.07) is 0. The highest BCUT2D eigenvalue weighted by molar-refractivity contribution is 5.80. The topological polar surface area (TPSA) is 96.2 Å². The average Bonchev–Trinajstić information content (AvgIpc) is 2.46. The van der Waals surface area contributed by atoms with E-state index in [1.807, 2.05) is 13.8 Å². The van der Waals surface area contributed by atoms with E-state index < -0.39 is 0 Å². The van der Waals surface area contributed by atoms with Crippen molar-refractivity contribution in [3.63, 3.8) is 0 Å². The van der Waals surface area contributed by atoms with Crippen LogP contribution in [0.2, 0.25) is 0 Å². The van der Waals surface area contributed by atoms with Crippen LogP contribution in [0.5, 0.6) is 0 Å². The molecule has 112 valence electrons. The van der Waals surface area contributed by atoms with Gasteiger partial charge >= 0.3 is 0 Å². The number of carbonyl (C=O) groups is 1. The lowest BCUT2D eigenvalue weighted by Gasteiger charge is -2.17. The quantitative estimate of drug-likeness (QED) is 0.507. The largest absolute Gasteiger partial charge is 0.361 e. The molecule has 0 bridgehead atoms. The van der Waals surface area contributed by atoms with Gasteiger partial charge in [0.2, 0.25) is 5.91 Å². The Morgan fingerprint density at radius 1 is 1.30 bits per heavy atom. The number of hydrogen-bond acceptors (Lipinski definition) is 6. The first-order chi connectivity index (χ1) is 9.53. The standard InChI is InChI=1S/C13H24N6O/c1-5-7-10-16-12(9(3)13(17-10)18-14)15-8-11(20)19(4)6-2/h5-8,14H2,1-4H3,(H2,15,16,17,18). The molecule has 0 fully saturated rings. The van der Waals surface area contributed by atoms with E-state index in [9.17, 15) is 4.79 Å². The summed E-state index contributed by atoms with van der Waals surface area (Å²) >= 11 is 0. The van der Waals surface area contributed by atoms with Gasteiger partial charge in [-0.3, -0.25) is 4.79 Å². The van der Waals surface area contributed by atoms with Crippen LogP contribution in [0.3, 0.4) is 0 Å². The van der Waals surface area contributed by atoms with Crippen molar-refractivity contribution in [1.29, 1.82) is 0 Å². The molecule has 0 saturated heterocycles. The molecule has 1 amide bonds. The molecule has 0 aliphatic carbocycles. The van der Waals surface area contributed by atoms with Crippen LogP contribution in [-0.4, -0.2) is 40.9 Å². The number of amides is 1. The minimum Gasteiger partial charge on any atom is -0.361 e. The molecule has 0 saturated carbocycles. The van der Waals surface area contributed by atoms with Crippen LogP contribution in [0.1, 0.15) is 31.7 Å². The zero-order valence-electron chi connectivity index (χ0n) is 12.7. The van der Waals surface area contributed by atoms with Crippen LogP contribution in [-0.2, 0) is 11.2 Å². The summed E-state index contributed by atoms with van der Waals surface area (Å²) in [6.07, 6.45) is 1.72. The van der Waals surface area contributed by atoms with Gasteiger partial charge in [-0.2, -0.15) is 0 Å². The van der Waals surface area contributed by atoms with Crippen molar-refractivity contribution in [3.05, 3.63) is 11.4 Å². The van der Waals surface area contributed by atoms with E-state index in [0.29, 0.717) is 24.0 Å². The van der Waals surface area contributed by atoms with Crippen LogP contribution in [0.25, 0.3) is 0 Å². The Bertz CT molecular complexity index is 462. The number of nitrogen functional groups attached to an aromatic ring is 1. The number of hydrogen-bond donors (Lipinski definition) is 3. The van der Waals surface area contributed by atoms with Crippen LogP contribution >= 0.6 is 0 Å². The Balaban J connectivity index is 2.87. The molecule has 0 aliphatic rings. The molecule has 0 atom stereocenters. The lowest BCUT2D eigenvalue weighted by Crippen LogP contribution is -2.32. The second kappa shape index (κ2) is 7.64. The summed E-state index contributed by atoms with van der Waals surface area (Å²) < 4.78 is 0. The molecule has 0 spiro atoms. The Kier molecular flexibility index (Phi) is 6.17. The summed E-state index contributed by atoms with van der Waals surface area (Å²) in [5.41, 5.74) is 3.37. The molecule has 7 heteroatoms. The molecule has 1 heterocycles. The van der Waals surface area contributed by atoms with Gasteiger partial charge in [-0.25, -0.2) is 15.8 Å². The molecule has 20 heavy (non-hydrogen) atoms. The lowest BCUT2D eigenvalue weighted by molar-refractivity contribution is -0.127. The van der Waals surface area contributed by atoms with Gasteiger partial charge in [0, 0.05) is 25.6 Å². The van der Waals surface area contributed by atoms with Gasteiger partial charge in [0.15, 0.2) is 0 Å². The molecule has 0 aromatic carbocycles. The Morgan fingerprint density at radius 3 is 2.50 bits per heavy atom. The number of nitrogens with one attached hydrogen (secondary N) is 2. The first kappa shape index (κ1) is 16.2. The molecule has 0 aliphatic heterocycles. The van der Waals surface area contributed by atoms with E-state index in [1.54, 1.807) is 11.9 Å². The van der Waals surface area contributed by atoms with E-state index in [4.69, 9.17) is 5.84 Å². The van der Waals surface area contributed by atoms with Gasteiger partial charge in [0.1, 0.15) is 17.5 Å². The second-order valence-electron chi connectivity index (χ2n) is 4.62. The molecule has 0 radical (unpaired) electrons. The van der Waals surface area contributed by atoms with Crippen molar-refractivity contribution in [3.8, 4) is 0 Å². The van der Waals surface area contributed by atoms with Crippen molar-refractivity contribution in [2.75, 3.05) is 30.9 Å². The first-order valence-electron chi connectivity index (χ1n) is 6.85. The predicted octanol–water partition coefficient (Wildman–Crippen LogP) is 0.913. The Hall–Kier alpha value is -1.89. The number of carbonyl (C=O) groups excluding carboxylic acids is 1. The Morgan fingerprint density at radius 2 is 1.95 bits per heavy atom. The van der Waals surface area contributed by atoms with Gasteiger partial charge in [0.25, 0.3) is 0 Å². The van der Waals surface area contributed by atoms with E-state index >= 15 is 0 Å². The summed E-state index contributed by atoms with van der Waals surface area (Å²) in [6.45, 7) is 6.74. The third-order valence-corrected chi connectivity index (χ3v) is 3.11.